The van der Waals surface area contributed by atoms with Crippen LogP contribution >= 0.6 is 15.9 Å². The van der Waals surface area contributed by atoms with Crippen LogP contribution in [0.3, 0.4) is 0 Å². The Hall–Kier alpha value is -1.60. The van der Waals surface area contributed by atoms with Gasteiger partial charge in [0.05, 0.1) is 6.10 Å². The van der Waals surface area contributed by atoms with Gasteiger partial charge in [0.15, 0.2) is 0 Å². The normalized spacial score (nSPS) is 21.4. The zero-order valence-electron chi connectivity index (χ0n) is 11.8. The van der Waals surface area contributed by atoms with E-state index in [2.05, 4.69) is 21.2 Å². The number of amides is 2. The number of carboxylic acid groups (broad SMARTS) is 1. The quantitative estimate of drug-likeness (QED) is 0.871. The van der Waals surface area contributed by atoms with Crippen LogP contribution in [0, 0.1) is 6.92 Å². The Morgan fingerprint density at radius 3 is 2.81 bits per heavy atom. The van der Waals surface area contributed by atoms with E-state index in [4.69, 9.17) is 4.74 Å². The lowest BCUT2D eigenvalue weighted by Crippen LogP contribution is -2.43. The molecule has 0 aromatic heterocycles. The summed E-state index contributed by atoms with van der Waals surface area (Å²) in [5.74, 6) is -1.02. The number of carbonyl (C=O) groups excluding carboxylic acids is 1. The fraction of sp³-hybridized carbons (Fsp3) is 0.429. The molecule has 2 rings (SSSR count). The summed E-state index contributed by atoms with van der Waals surface area (Å²) in [6.07, 6.45) is 0.0527. The van der Waals surface area contributed by atoms with Gasteiger partial charge >= 0.3 is 12.0 Å². The van der Waals surface area contributed by atoms with Crippen molar-refractivity contribution in [3.63, 3.8) is 0 Å². The number of carboxylic acids is 1. The number of urea groups is 1. The van der Waals surface area contributed by atoms with E-state index in [9.17, 15) is 14.7 Å². The third kappa shape index (κ3) is 3.54. The SMILES string of the molecule is COC1CC(C(=O)O)N(C(=O)Nc2cc(Br)ccc2C)C1. The molecule has 0 saturated carbocycles. The number of hydrogen-bond acceptors (Lipinski definition) is 3. The number of aryl methyl sites for hydroxylation is 1. The third-order valence-corrected chi connectivity index (χ3v) is 4.08. The minimum absolute atomic E-state index is 0.250. The first-order valence-corrected chi connectivity index (χ1v) is 7.31. The van der Waals surface area contributed by atoms with Crippen molar-refractivity contribution in [3.05, 3.63) is 28.2 Å². The fourth-order valence-corrected chi connectivity index (χ4v) is 2.70. The largest absolute Gasteiger partial charge is 0.480 e. The van der Waals surface area contributed by atoms with Crippen molar-refractivity contribution in [1.29, 1.82) is 0 Å². The van der Waals surface area contributed by atoms with Crippen LogP contribution in [0.4, 0.5) is 10.5 Å². The zero-order valence-corrected chi connectivity index (χ0v) is 13.4. The van der Waals surface area contributed by atoms with Gasteiger partial charge in [-0.25, -0.2) is 9.59 Å². The summed E-state index contributed by atoms with van der Waals surface area (Å²) in [5.41, 5.74) is 1.56. The van der Waals surface area contributed by atoms with E-state index in [0.29, 0.717) is 12.1 Å². The van der Waals surface area contributed by atoms with E-state index in [1.54, 1.807) is 6.07 Å². The molecule has 1 aromatic rings. The van der Waals surface area contributed by atoms with E-state index in [0.717, 1.165) is 10.0 Å². The molecule has 1 fully saturated rings. The lowest BCUT2D eigenvalue weighted by molar-refractivity contribution is -0.141. The highest BCUT2D eigenvalue weighted by atomic mass is 79.9. The van der Waals surface area contributed by atoms with Gasteiger partial charge in [0.1, 0.15) is 6.04 Å². The molecule has 1 aromatic carbocycles. The van der Waals surface area contributed by atoms with Crippen molar-refractivity contribution < 1.29 is 19.4 Å². The van der Waals surface area contributed by atoms with Crippen LogP contribution in [-0.4, -0.2) is 47.8 Å². The number of nitrogens with one attached hydrogen (secondary N) is 1. The second kappa shape index (κ2) is 6.44. The van der Waals surface area contributed by atoms with E-state index in [1.807, 2.05) is 19.1 Å². The van der Waals surface area contributed by atoms with Gasteiger partial charge in [-0.05, 0) is 24.6 Å². The predicted octanol–water partition coefficient (Wildman–Crippen LogP) is 2.46. The highest BCUT2D eigenvalue weighted by molar-refractivity contribution is 9.10. The van der Waals surface area contributed by atoms with Gasteiger partial charge in [0.2, 0.25) is 0 Å². The Balaban J connectivity index is 2.15. The highest BCUT2D eigenvalue weighted by Gasteiger charge is 2.39. The molecule has 0 aliphatic carbocycles. The molecule has 1 saturated heterocycles. The smallest absolute Gasteiger partial charge is 0.326 e. The first-order chi connectivity index (χ1) is 9.92. The second-order valence-corrected chi connectivity index (χ2v) is 5.90. The van der Waals surface area contributed by atoms with Crippen molar-refractivity contribution >= 4 is 33.6 Å². The summed E-state index contributed by atoms with van der Waals surface area (Å²) in [7, 11) is 1.52. The molecule has 0 bridgehead atoms. The van der Waals surface area contributed by atoms with E-state index >= 15 is 0 Å². The summed E-state index contributed by atoms with van der Waals surface area (Å²) < 4.78 is 6.01. The Labute approximate surface area is 131 Å². The zero-order chi connectivity index (χ0) is 15.6. The number of hydrogen-bond donors (Lipinski definition) is 2. The number of methoxy groups -OCH3 is 1. The van der Waals surface area contributed by atoms with Gasteiger partial charge in [-0.3, -0.25) is 0 Å². The minimum Gasteiger partial charge on any atom is -0.480 e. The van der Waals surface area contributed by atoms with Crippen LogP contribution < -0.4 is 5.32 Å². The van der Waals surface area contributed by atoms with Gasteiger partial charge in [0.25, 0.3) is 0 Å². The standard InChI is InChI=1S/C14H17BrN2O4/c1-8-3-4-9(15)5-11(8)16-14(20)17-7-10(21-2)6-12(17)13(18)19/h3-5,10,12H,6-7H2,1-2H3,(H,16,20)(H,18,19). The van der Waals surface area contributed by atoms with Crippen LogP contribution in [0.1, 0.15) is 12.0 Å². The van der Waals surface area contributed by atoms with Crippen LogP contribution in [0.2, 0.25) is 0 Å². The fourth-order valence-electron chi connectivity index (χ4n) is 2.34. The van der Waals surface area contributed by atoms with E-state index < -0.39 is 18.0 Å². The molecular weight excluding hydrogens is 340 g/mol. The maximum atomic E-state index is 12.3. The van der Waals surface area contributed by atoms with E-state index in [-0.39, 0.29) is 12.6 Å². The summed E-state index contributed by atoms with van der Waals surface area (Å²) in [6, 6.07) is 4.25. The number of nitrogens with zero attached hydrogens (tertiary/aromatic N) is 1. The first kappa shape index (κ1) is 15.8. The topological polar surface area (TPSA) is 78.9 Å². The molecule has 1 heterocycles. The number of halogens is 1. The Kier molecular flexibility index (Phi) is 4.84. The lowest BCUT2D eigenvalue weighted by Gasteiger charge is -2.22. The third-order valence-electron chi connectivity index (χ3n) is 3.58. The maximum Gasteiger partial charge on any atom is 0.326 e. The van der Waals surface area contributed by atoms with Gasteiger partial charge in [0, 0.05) is 30.2 Å². The molecule has 2 atom stereocenters. The molecule has 2 unspecified atom stereocenters. The minimum atomic E-state index is -1.02. The van der Waals surface area contributed by atoms with Crippen LogP contribution in [0.5, 0.6) is 0 Å². The number of aliphatic carboxylic acids is 1. The van der Waals surface area contributed by atoms with Crippen LogP contribution in [0.25, 0.3) is 0 Å². The number of anilines is 1. The number of carbonyl (C=O) groups is 2. The Morgan fingerprint density at radius 1 is 1.48 bits per heavy atom. The summed E-state index contributed by atoms with van der Waals surface area (Å²) in [5, 5.41) is 12.0. The van der Waals surface area contributed by atoms with Gasteiger partial charge in [-0.2, -0.15) is 0 Å². The maximum absolute atomic E-state index is 12.3. The predicted molar refractivity (Wildman–Crippen MR) is 81.4 cm³/mol. The van der Waals surface area contributed by atoms with Crippen LogP contribution in [-0.2, 0) is 9.53 Å². The van der Waals surface area contributed by atoms with Gasteiger partial charge < -0.3 is 20.1 Å². The Bertz CT molecular complexity index is 564. The highest BCUT2D eigenvalue weighted by Crippen LogP contribution is 2.24. The number of likely N-dealkylation sites (tertiary alicyclic amines) is 1. The average Bonchev–Trinajstić information content (AvgIpc) is 2.87. The molecular formula is C14H17BrN2O4. The molecule has 1 aliphatic rings. The number of ether oxygens (including phenoxy) is 1. The van der Waals surface area contributed by atoms with Crippen LogP contribution in [0.15, 0.2) is 22.7 Å². The number of benzene rings is 1. The molecule has 0 radical (unpaired) electrons. The molecule has 21 heavy (non-hydrogen) atoms. The summed E-state index contributed by atoms with van der Waals surface area (Å²) in [6.45, 7) is 2.14. The van der Waals surface area contributed by atoms with Gasteiger partial charge in [-0.1, -0.05) is 22.0 Å². The van der Waals surface area contributed by atoms with Crippen molar-refractivity contribution in [1.82, 2.24) is 4.90 Å². The summed E-state index contributed by atoms with van der Waals surface area (Å²) >= 11 is 3.35. The van der Waals surface area contributed by atoms with Crippen molar-refractivity contribution in [3.8, 4) is 0 Å². The van der Waals surface area contributed by atoms with Crippen molar-refractivity contribution in [2.75, 3.05) is 19.0 Å². The second-order valence-electron chi connectivity index (χ2n) is 4.99. The molecule has 2 amide bonds. The molecule has 0 spiro atoms. The molecule has 6 nitrogen and oxygen atoms in total. The lowest BCUT2D eigenvalue weighted by atomic mass is 10.2. The van der Waals surface area contributed by atoms with Gasteiger partial charge in [-0.15, -0.1) is 0 Å². The first-order valence-electron chi connectivity index (χ1n) is 6.51. The van der Waals surface area contributed by atoms with E-state index in [1.165, 1.54) is 12.0 Å². The molecule has 114 valence electrons. The number of rotatable bonds is 3. The Morgan fingerprint density at radius 2 is 2.19 bits per heavy atom. The average molecular weight is 357 g/mol. The summed E-state index contributed by atoms with van der Waals surface area (Å²) in [4.78, 5) is 24.9. The molecule has 1 aliphatic heterocycles. The monoisotopic (exact) mass is 356 g/mol. The van der Waals surface area contributed by atoms with Crippen molar-refractivity contribution in [2.45, 2.75) is 25.5 Å². The molecule has 7 heteroatoms. The molecule has 2 N–H and O–H groups in total. The van der Waals surface area contributed by atoms with Crippen molar-refractivity contribution in [2.24, 2.45) is 0 Å².